The maximum absolute atomic E-state index is 14.3. The summed E-state index contributed by atoms with van der Waals surface area (Å²) in [5.41, 5.74) is 3.23. The van der Waals surface area contributed by atoms with Crippen molar-refractivity contribution in [2.45, 2.75) is 32.7 Å². The lowest BCUT2D eigenvalue weighted by Crippen LogP contribution is -2.44. The van der Waals surface area contributed by atoms with E-state index in [0.29, 0.717) is 43.3 Å². The van der Waals surface area contributed by atoms with E-state index in [-0.39, 0.29) is 35.0 Å². The number of urea groups is 1. The highest BCUT2D eigenvalue weighted by molar-refractivity contribution is 6.13. The Balaban J connectivity index is 1.17. The van der Waals surface area contributed by atoms with E-state index < -0.39 is 5.82 Å². The Hall–Kier alpha value is -4.67. The number of nitrogens with zero attached hydrogens (tertiary/aromatic N) is 4. The predicted molar refractivity (Wildman–Crippen MR) is 142 cm³/mol. The molecule has 3 aromatic rings. The number of carbonyl (C=O) groups is 3. The Labute approximate surface area is 218 Å². The molecule has 1 aromatic heterocycles. The van der Waals surface area contributed by atoms with Crippen LogP contribution in [0.1, 0.15) is 51.6 Å². The highest BCUT2D eigenvalue weighted by Crippen LogP contribution is 2.24. The standard InChI is InChI=1S/C27H26FN7O3/c1-15-13-30-26(32-20-4-5-21-18(11-20)14-29-25(21)37)34-24(15)31-19-7-9-35(10-8-19)27(38)33-23-6-3-17(16(2)36)12-22(23)28/h3-6,11-14,19H,7-10H2,1-2H3,(H,33,38)(H2,30,31,32,34). The van der Waals surface area contributed by atoms with Gasteiger partial charge in [-0.25, -0.2) is 19.2 Å². The van der Waals surface area contributed by atoms with Gasteiger partial charge in [0, 0.05) is 53.9 Å². The average Bonchev–Trinajstić information content (AvgIpc) is 3.27. The molecule has 11 heteroatoms. The smallest absolute Gasteiger partial charge is 0.321 e. The molecule has 3 N–H and O–H groups in total. The van der Waals surface area contributed by atoms with Gasteiger partial charge in [0.15, 0.2) is 5.78 Å². The van der Waals surface area contributed by atoms with Crippen molar-refractivity contribution in [1.82, 2.24) is 14.9 Å². The zero-order valence-corrected chi connectivity index (χ0v) is 20.9. The van der Waals surface area contributed by atoms with Crippen molar-refractivity contribution in [1.29, 1.82) is 0 Å². The van der Waals surface area contributed by atoms with E-state index in [0.717, 1.165) is 22.9 Å². The molecule has 0 saturated carbocycles. The van der Waals surface area contributed by atoms with Crippen LogP contribution < -0.4 is 16.0 Å². The molecule has 0 aliphatic carbocycles. The number of rotatable bonds is 6. The number of benzene rings is 2. The quantitative estimate of drug-likeness (QED) is 0.411. The van der Waals surface area contributed by atoms with Gasteiger partial charge in [0.25, 0.3) is 5.91 Å². The first-order valence-electron chi connectivity index (χ1n) is 12.2. The van der Waals surface area contributed by atoms with Gasteiger partial charge in [-0.15, -0.1) is 0 Å². The molecule has 1 saturated heterocycles. The average molecular weight is 516 g/mol. The molecule has 0 atom stereocenters. The lowest BCUT2D eigenvalue weighted by molar-refractivity contribution is 0.100. The summed E-state index contributed by atoms with van der Waals surface area (Å²) in [5.74, 6) is -0.0321. The number of fused-ring (bicyclic) bond motifs is 1. The molecular weight excluding hydrogens is 489 g/mol. The summed E-state index contributed by atoms with van der Waals surface area (Å²) in [4.78, 5) is 50.2. The maximum Gasteiger partial charge on any atom is 0.321 e. The molecule has 0 unspecified atom stereocenters. The fourth-order valence-electron chi connectivity index (χ4n) is 4.37. The minimum atomic E-state index is -0.646. The van der Waals surface area contributed by atoms with Gasteiger partial charge in [0.05, 0.1) is 11.3 Å². The van der Waals surface area contributed by atoms with E-state index in [2.05, 4.69) is 30.9 Å². The molecule has 2 aliphatic rings. The number of piperidine rings is 1. The van der Waals surface area contributed by atoms with Gasteiger partial charge in [-0.1, -0.05) is 0 Å². The summed E-state index contributed by atoms with van der Waals surface area (Å²) in [6, 6.07) is 9.05. The van der Waals surface area contributed by atoms with Crippen molar-refractivity contribution < 1.29 is 18.8 Å². The molecule has 0 bridgehead atoms. The molecule has 38 heavy (non-hydrogen) atoms. The molecule has 1 fully saturated rings. The van der Waals surface area contributed by atoms with Crippen LogP contribution in [0.15, 0.2) is 47.6 Å². The second kappa shape index (κ2) is 10.4. The van der Waals surface area contributed by atoms with Gasteiger partial charge in [-0.05, 0) is 63.1 Å². The fraction of sp³-hybridized carbons (Fsp3) is 0.259. The third-order valence-electron chi connectivity index (χ3n) is 6.57. The number of amides is 3. The number of aromatic nitrogens is 2. The second-order valence-corrected chi connectivity index (χ2v) is 9.30. The molecule has 2 aromatic carbocycles. The number of likely N-dealkylation sites (tertiary alicyclic amines) is 1. The van der Waals surface area contributed by atoms with Gasteiger partial charge < -0.3 is 20.9 Å². The summed E-state index contributed by atoms with van der Waals surface area (Å²) in [5, 5.41) is 9.21. The number of halogens is 1. The number of Topliss-reactive ketones (excluding diaryl/α,β-unsaturated/α-hetero) is 1. The fourth-order valence-corrected chi connectivity index (χ4v) is 4.37. The number of hydrogen-bond donors (Lipinski definition) is 3. The largest absolute Gasteiger partial charge is 0.367 e. The first-order valence-corrected chi connectivity index (χ1v) is 12.2. The van der Waals surface area contributed by atoms with Crippen molar-refractivity contribution in [2.24, 2.45) is 4.99 Å². The molecule has 194 valence electrons. The normalized spacial score (nSPS) is 14.8. The minimum Gasteiger partial charge on any atom is -0.367 e. The van der Waals surface area contributed by atoms with E-state index in [4.69, 9.17) is 0 Å². The first-order chi connectivity index (χ1) is 18.3. The van der Waals surface area contributed by atoms with Crippen LogP contribution in [-0.4, -0.2) is 57.9 Å². The highest BCUT2D eigenvalue weighted by Gasteiger charge is 2.24. The van der Waals surface area contributed by atoms with Crippen molar-refractivity contribution >= 4 is 47.1 Å². The molecular formula is C27H26FN7O3. The van der Waals surface area contributed by atoms with E-state index in [1.54, 1.807) is 29.4 Å². The van der Waals surface area contributed by atoms with Gasteiger partial charge in [0.2, 0.25) is 5.95 Å². The molecule has 5 rings (SSSR count). The Morgan fingerprint density at radius 1 is 1.11 bits per heavy atom. The Bertz CT molecular complexity index is 1470. The van der Waals surface area contributed by atoms with Gasteiger partial charge in [-0.2, -0.15) is 4.98 Å². The minimum absolute atomic E-state index is 0.0409. The number of aryl methyl sites for hydroxylation is 1. The van der Waals surface area contributed by atoms with Crippen molar-refractivity contribution in [3.63, 3.8) is 0 Å². The number of hydrogen-bond acceptors (Lipinski definition) is 7. The summed E-state index contributed by atoms with van der Waals surface area (Å²) < 4.78 is 14.3. The van der Waals surface area contributed by atoms with E-state index in [1.165, 1.54) is 19.1 Å². The zero-order valence-electron chi connectivity index (χ0n) is 20.9. The van der Waals surface area contributed by atoms with Crippen LogP contribution in [0.2, 0.25) is 0 Å². The predicted octanol–water partition coefficient (Wildman–Crippen LogP) is 4.55. The van der Waals surface area contributed by atoms with Crippen LogP contribution in [0, 0.1) is 12.7 Å². The van der Waals surface area contributed by atoms with Gasteiger partial charge in [-0.3, -0.25) is 9.59 Å². The number of nitrogens with one attached hydrogen (secondary N) is 3. The van der Waals surface area contributed by atoms with E-state index in [9.17, 15) is 18.8 Å². The topological polar surface area (TPSA) is 129 Å². The summed E-state index contributed by atoms with van der Waals surface area (Å²) in [6.45, 7) is 4.25. The number of ketones is 1. The van der Waals surface area contributed by atoms with Crippen molar-refractivity contribution in [3.8, 4) is 0 Å². The monoisotopic (exact) mass is 515 g/mol. The van der Waals surface area contributed by atoms with Crippen molar-refractivity contribution in [3.05, 3.63) is 70.7 Å². The summed E-state index contributed by atoms with van der Waals surface area (Å²) in [6.07, 6.45) is 4.64. The van der Waals surface area contributed by atoms with E-state index in [1.807, 2.05) is 13.0 Å². The molecule has 10 nitrogen and oxygen atoms in total. The number of anilines is 4. The third-order valence-corrected chi connectivity index (χ3v) is 6.57. The summed E-state index contributed by atoms with van der Waals surface area (Å²) in [7, 11) is 0. The SMILES string of the molecule is CC(=O)c1ccc(NC(=O)N2CCC(Nc3nc(Nc4ccc5c(c4)C=NC5=O)ncc3C)CC2)c(F)c1. The van der Waals surface area contributed by atoms with E-state index >= 15 is 0 Å². The maximum atomic E-state index is 14.3. The van der Waals surface area contributed by atoms with Crippen LogP contribution in [0.4, 0.5) is 32.3 Å². The van der Waals surface area contributed by atoms with Gasteiger partial charge in [0.1, 0.15) is 11.6 Å². The Morgan fingerprint density at radius 2 is 1.89 bits per heavy atom. The second-order valence-electron chi connectivity index (χ2n) is 9.30. The molecule has 3 heterocycles. The molecule has 3 amide bonds. The van der Waals surface area contributed by atoms with Gasteiger partial charge >= 0.3 is 6.03 Å². The number of aliphatic imine (C=N–C) groups is 1. The van der Waals surface area contributed by atoms with Crippen LogP contribution >= 0.6 is 0 Å². The lowest BCUT2D eigenvalue weighted by Gasteiger charge is -2.33. The number of carbonyl (C=O) groups excluding carboxylic acids is 3. The van der Waals surface area contributed by atoms with Crippen LogP contribution in [0.25, 0.3) is 0 Å². The van der Waals surface area contributed by atoms with Crippen molar-refractivity contribution in [2.75, 3.05) is 29.0 Å². The Kier molecular flexibility index (Phi) is 6.82. The molecule has 2 aliphatic heterocycles. The zero-order chi connectivity index (χ0) is 26.8. The lowest BCUT2D eigenvalue weighted by atomic mass is 10.1. The van der Waals surface area contributed by atoms with Crippen LogP contribution in [-0.2, 0) is 0 Å². The Morgan fingerprint density at radius 3 is 2.63 bits per heavy atom. The van der Waals surface area contributed by atoms with Crippen LogP contribution in [0.3, 0.4) is 0 Å². The summed E-state index contributed by atoms with van der Waals surface area (Å²) >= 11 is 0. The van der Waals surface area contributed by atoms with Crippen LogP contribution in [0.5, 0.6) is 0 Å². The third kappa shape index (κ3) is 5.36. The first kappa shape index (κ1) is 25.0. The molecule has 0 radical (unpaired) electrons. The molecule has 0 spiro atoms. The highest BCUT2D eigenvalue weighted by atomic mass is 19.1.